The minimum atomic E-state index is -0.0369. The van der Waals surface area contributed by atoms with Crippen molar-refractivity contribution in [1.29, 1.82) is 0 Å². The molecule has 0 radical (unpaired) electrons. The molecule has 2 nitrogen and oxygen atoms in total. The third-order valence-corrected chi connectivity index (χ3v) is 5.00. The predicted molar refractivity (Wildman–Crippen MR) is 105 cm³/mol. The lowest BCUT2D eigenvalue weighted by Crippen LogP contribution is -2.05. The van der Waals surface area contributed by atoms with Crippen LogP contribution in [0.5, 0.6) is 0 Å². The fraction of sp³-hybridized carbons (Fsp3) is 0.167. The first-order valence-electron chi connectivity index (χ1n) is 8.97. The highest BCUT2D eigenvalue weighted by molar-refractivity contribution is 5.91. The van der Waals surface area contributed by atoms with Crippen molar-refractivity contribution in [2.24, 2.45) is 5.41 Å². The molecule has 0 fully saturated rings. The Bertz CT molecular complexity index is 1070. The van der Waals surface area contributed by atoms with E-state index >= 15 is 0 Å². The molecule has 26 heavy (non-hydrogen) atoms. The smallest absolute Gasteiger partial charge is 0.135 e. The predicted octanol–water partition coefficient (Wildman–Crippen LogP) is 6.35. The maximum absolute atomic E-state index is 6.14. The van der Waals surface area contributed by atoms with Crippen LogP contribution < -0.4 is 0 Å². The molecule has 0 bridgehead atoms. The Morgan fingerprint density at radius 3 is 2.54 bits per heavy atom. The Morgan fingerprint density at radius 1 is 0.885 bits per heavy atom. The first-order chi connectivity index (χ1) is 12.6. The molecule has 0 amide bonds. The molecule has 0 spiro atoms. The van der Waals surface area contributed by atoms with E-state index in [2.05, 4.69) is 68.5 Å². The van der Waals surface area contributed by atoms with Crippen molar-refractivity contribution in [2.45, 2.75) is 20.5 Å². The molecule has 2 heteroatoms. The number of hydrogen-bond donors (Lipinski definition) is 0. The lowest BCUT2D eigenvalue weighted by atomic mass is 9.95. The van der Waals surface area contributed by atoms with E-state index in [-0.39, 0.29) is 5.41 Å². The highest BCUT2D eigenvalue weighted by Gasteiger charge is 2.30. The van der Waals surface area contributed by atoms with Crippen molar-refractivity contribution in [1.82, 2.24) is 0 Å². The van der Waals surface area contributed by atoms with Crippen LogP contribution in [0.3, 0.4) is 0 Å². The Morgan fingerprint density at radius 2 is 1.65 bits per heavy atom. The maximum atomic E-state index is 6.14. The molecule has 0 atom stereocenters. The number of fused-ring (bicyclic) bond motifs is 2. The van der Waals surface area contributed by atoms with Gasteiger partial charge in [0.25, 0.3) is 0 Å². The molecule has 1 aromatic heterocycles. The van der Waals surface area contributed by atoms with E-state index in [1.165, 1.54) is 11.1 Å². The van der Waals surface area contributed by atoms with Crippen molar-refractivity contribution < 1.29 is 9.15 Å². The molecule has 3 aromatic rings. The second-order valence-electron chi connectivity index (χ2n) is 7.58. The quantitative estimate of drug-likeness (QED) is 0.542. The number of benzene rings is 2. The van der Waals surface area contributed by atoms with Gasteiger partial charge >= 0.3 is 0 Å². The summed E-state index contributed by atoms with van der Waals surface area (Å²) < 4.78 is 12.3. The van der Waals surface area contributed by atoms with Crippen molar-refractivity contribution >= 4 is 22.6 Å². The van der Waals surface area contributed by atoms with E-state index in [1.54, 1.807) is 0 Å². The zero-order valence-electron chi connectivity index (χ0n) is 15.0. The SMILES string of the molecule is CC1(C)C=C(C2=Cc3ccccc3CO2)C(c2cc3ccccc3o2)=C1. The molecule has 1 aliphatic heterocycles. The summed E-state index contributed by atoms with van der Waals surface area (Å²) >= 11 is 0. The molecule has 1 aliphatic carbocycles. The average Bonchev–Trinajstić information content (AvgIpc) is 3.21. The summed E-state index contributed by atoms with van der Waals surface area (Å²) in [6.45, 7) is 5.02. The van der Waals surface area contributed by atoms with Gasteiger partial charge in [0.1, 0.15) is 23.7 Å². The standard InChI is InChI=1S/C24H20O2/c1-24(2)13-19(22-11-16-7-3-4-9-18(16)15-25-22)20(14-24)23-12-17-8-5-6-10-21(17)26-23/h3-14H,15H2,1-2H3. The Hall–Kier alpha value is -3.00. The van der Waals surface area contributed by atoms with E-state index in [4.69, 9.17) is 9.15 Å². The molecule has 2 aromatic carbocycles. The Balaban J connectivity index is 1.62. The largest absolute Gasteiger partial charge is 0.488 e. The Kier molecular flexibility index (Phi) is 3.23. The number of rotatable bonds is 2. The van der Waals surface area contributed by atoms with Crippen LogP contribution in [0.2, 0.25) is 0 Å². The summed E-state index contributed by atoms with van der Waals surface area (Å²) in [6, 6.07) is 18.6. The molecule has 0 unspecified atom stereocenters. The first kappa shape index (κ1) is 15.3. The van der Waals surface area contributed by atoms with Gasteiger partial charge in [-0.2, -0.15) is 0 Å². The van der Waals surface area contributed by atoms with E-state index < -0.39 is 0 Å². The van der Waals surface area contributed by atoms with Crippen molar-refractivity contribution in [2.75, 3.05) is 0 Å². The lowest BCUT2D eigenvalue weighted by Gasteiger charge is -2.20. The number of para-hydroxylation sites is 1. The summed E-state index contributed by atoms with van der Waals surface area (Å²) in [5, 5.41) is 1.12. The molecule has 0 saturated carbocycles. The molecule has 0 saturated heterocycles. The number of hydrogen-bond acceptors (Lipinski definition) is 2. The number of ether oxygens (including phenoxy) is 1. The van der Waals surface area contributed by atoms with Crippen LogP contribution in [0.4, 0.5) is 0 Å². The van der Waals surface area contributed by atoms with Crippen LogP contribution >= 0.6 is 0 Å². The highest BCUT2D eigenvalue weighted by atomic mass is 16.5. The van der Waals surface area contributed by atoms with Gasteiger partial charge in [0.2, 0.25) is 0 Å². The summed E-state index contributed by atoms with van der Waals surface area (Å²) in [5.41, 5.74) is 5.55. The normalized spacial score (nSPS) is 18.0. The molecule has 2 aliphatic rings. The maximum Gasteiger partial charge on any atom is 0.135 e. The zero-order valence-corrected chi connectivity index (χ0v) is 15.0. The molecule has 128 valence electrons. The van der Waals surface area contributed by atoms with Gasteiger partial charge in [0, 0.05) is 21.9 Å². The second-order valence-corrected chi connectivity index (χ2v) is 7.58. The molecular weight excluding hydrogens is 320 g/mol. The highest BCUT2D eigenvalue weighted by Crippen LogP contribution is 2.44. The van der Waals surface area contributed by atoms with E-state index in [0.29, 0.717) is 6.61 Å². The third kappa shape index (κ3) is 2.50. The van der Waals surface area contributed by atoms with Crippen LogP contribution in [-0.4, -0.2) is 0 Å². The van der Waals surface area contributed by atoms with Gasteiger partial charge in [0.15, 0.2) is 0 Å². The van der Waals surface area contributed by atoms with Crippen LogP contribution in [0.1, 0.15) is 30.7 Å². The fourth-order valence-corrected chi connectivity index (χ4v) is 3.76. The topological polar surface area (TPSA) is 22.4 Å². The van der Waals surface area contributed by atoms with Crippen LogP contribution in [0.15, 0.2) is 82.5 Å². The summed E-state index contributed by atoms with van der Waals surface area (Å²) in [4.78, 5) is 0. The van der Waals surface area contributed by atoms with Gasteiger partial charge in [-0.3, -0.25) is 0 Å². The van der Waals surface area contributed by atoms with Crippen LogP contribution in [0, 0.1) is 5.41 Å². The van der Waals surface area contributed by atoms with Gasteiger partial charge in [-0.15, -0.1) is 0 Å². The lowest BCUT2D eigenvalue weighted by molar-refractivity contribution is 0.206. The zero-order chi connectivity index (χ0) is 17.7. The van der Waals surface area contributed by atoms with Crippen LogP contribution in [-0.2, 0) is 11.3 Å². The van der Waals surface area contributed by atoms with Gasteiger partial charge in [-0.25, -0.2) is 0 Å². The molecule has 0 N–H and O–H groups in total. The van der Waals surface area contributed by atoms with Crippen molar-refractivity contribution in [3.05, 3.63) is 95.0 Å². The fourth-order valence-electron chi connectivity index (χ4n) is 3.76. The minimum Gasteiger partial charge on any atom is -0.488 e. The van der Waals surface area contributed by atoms with Gasteiger partial charge < -0.3 is 9.15 Å². The minimum absolute atomic E-state index is 0.0369. The van der Waals surface area contributed by atoms with Crippen molar-refractivity contribution in [3.63, 3.8) is 0 Å². The molecule has 5 rings (SSSR count). The summed E-state index contributed by atoms with van der Waals surface area (Å²) in [7, 11) is 0. The van der Waals surface area contributed by atoms with E-state index in [9.17, 15) is 0 Å². The third-order valence-electron chi connectivity index (χ3n) is 5.00. The molecule has 2 heterocycles. The number of allylic oxidation sites excluding steroid dienone is 3. The average molecular weight is 340 g/mol. The molecular formula is C24H20O2. The second kappa shape index (κ2) is 5.50. The Labute approximate surface area is 153 Å². The first-order valence-corrected chi connectivity index (χ1v) is 8.97. The summed E-state index contributed by atoms with van der Waals surface area (Å²) in [5.74, 6) is 1.81. The van der Waals surface area contributed by atoms with Gasteiger partial charge in [-0.1, -0.05) is 68.5 Å². The number of furan rings is 1. The van der Waals surface area contributed by atoms with Crippen molar-refractivity contribution in [3.8, 4) is 0 Å². The van der Waals surface area contributed by atoms with Gasteiger partial charge in [-0.05, 0) is 29.3 Å². The summed E-state index contributed by atoms with van der Waals surface area (Å²) in [6.07, 6.45) is 6.68. The monoisotopic (exact) mass is 340 g/mol. The van der Waals surface area contributed by atoms with Gasteiger partial charge in [0.05, 0.1) is 0 Å². The van der Waals surface area contributed by atoms with Crippen LogP contribution in [0.25, 0.3) is 22.6 Å². The van der Waals surface area contributed by atoms with E-state index in [0.717, 1.165) is 33.6 Å². The van der Waals surface area contributed by atoms with E-state index in [1.807, 2.05) is 18.2 Å².